The number of rotatable bonds is 11. The first kappa shape index (κ1) is 36.8. The Balaban J connectivity index is 1.61. The number of aryl methyl sites for hydroxylation is 2. The monoisotopic (exact) mass is 667 g/mol. The maximum atomic E-state index is 12.7. The maximum absolute atomic E-state index is 12.7. The largest absolute Gasteiger partial charge is 0.534 e. The van der Waals surface area contributed by atoms with E-state index in [1.165, 1.54) is 10.4 Å². The van der Waals surface area contributed by atoms with Crippen LogP contribution in [0.15, 0.2) is 97.1 Å². The van der Waals surface area contributed by atoms with E-state index in [-0.39, 0.29) is 11.6 Å². The van der Waals surface area contributed by atoms with Crippen molar-refractivity contribution in [2.45, 2.75) is 97.9 Å². The van der Waals surface area contributed by atoms with Crippen molar-refractivity contribution in [3.8, 4) is 11.5 Å². The van der Waals surface area contributed by atoms with Gasteiger partial charge in [-0.05, 0) is 84.9 Å². The van der Waals surface area contributed by atoms with Gasteiger partial charge in [0.15, 0.2) is 0 Å². The zero-order valence-electron chi connectivity index (χ0n) is 30.3. The third-order valence-electron chi connectivity index (χ3n) is 8.84. The van der Waals surface area contributed by atoms with Gasteiger partial charge in [0.25, 0.3) is 0 Å². The molecule has 1 atom stereocenters. The average Bonchev–Trinajstić information content (AvgIpc) is 3.01. The zero-order valence-corrected chi connectivity index (χ0v) is 31.3. The molecule has 0 aromatic heterocycles. The second-order valence-corrected chi connectivity index (χ2v) is 19.5. The lowest BCUT2D eigenvalue weighted by Gasteiger charge is -2.43. The number of carbonyl (C=O) groups is 1. The van der Waals surface area contributed by atoms with E-state index < -0.39 is 31.5 Å². The van der Waals surface area contributed by atoms with Crippen LogP contribution in [0, 0.1) is 13.8 Å². The lowest BCUT2D eigenvalue weighted by atomic mass is 9.75. The molecule has 4 aromatic carbocycles. The van der Waals surface area contributed by atoms with Gasteiger partial charge in [-0.25, -0.2) is 4.79 Å². The van der Waals surface area contributed by atoms with Crippen molar-refractivity contribution in [2.75, 3.05) is 6.61 Å². The molecule has 0 radical (unpaired) electrons. The Morgan fingerprint density at radius 3 is 1.81 bits per heavy atom. The van der Waals surface area contributed by atoms with Gasteiger partial charge in [-0.1, -0.05) is 113 Å². The molecule has 0 spiro atoms. The van der Waals surface area contributed by atoms with Crippen LogP contribution in [-0.2, 0) is 16.8 Å². The van der Waals surface area contributed by atoms with Crippen LogP contribution in [-0.4, -0.2) is 37.8 Å². The van der Waals surface area contributed by atoms with E-state index in [1.54, 1.807) is 0 Å². The number of alkyl carbamates (subject to hydrolysis) is 1. The molecule has 1 amide bonds. The van der Waals surface area contributed by atoms with Crippen LogP contribution in [0.2, 0.25) is 5.04 Å². The van der Waals surface area contributed by atoms with E-state index in [1.807, 2.05) is 66.7 Å². The van der Waals surface area contributed by atoms with Crippen LogP contribution in [0.1, 0.15) is 77.6 Å². The molecule has 0 aliphatic rings. The van der Waals surface area contributed by atoms with Crippen LogP contribution >= 0.6 is 0 Å². The minimum Gasteiger partial charge on any atom is -0.534 e. The second-order valence-electron chi connectivity index (χ2n) is 15.3. The molecule has 2 N–H and O–H groups in total. The first-order valence-corrected chi connectivity index (χ1v) is 18.6. The molecule has 0 saturated heterocycles. The highest BCUT2D eigenvalue weighted by molar-refractivity contribution is 7.00. The second kappa shape index (κ2) is 14.6. The fourth-order valence-corrected chi connectivity index (χ4v) is 11.0. The number of amides is 1. The molecule has 6 nitrogen and oxygen atoms in total. The van der Waals surface area contributed by atoms with Crippen molar-refractivity contribution in [3.05, 3.63) is 119 Å². The van der Waals surface area contributed by atoms with Crippen LogP contribution in [0.5, 0.6) is 11.5 Å². The quantitative estimate of drug-likeness (QED) is 0.159. The van der Waals surface area contributed by atoms with Crippen LogP contribution in [0.25, 0.3) is 0 Å². The van der Waals surface area contributed by atoms with Crippen LogP contribution in [0.4, 0.5) is 4.79 Å². The average molecular weight is 668 g/mol. The number of nitrogens with one attached hydrogen (secondary N) is 1. The van der Waals surface area contributed by atoms with Gasteiger partial charge < -0.3 is 24.3 Å². The molecule has 4 aromatic rings. The minimum atomic E-state index is -2.75. The SMILES string of the molecule is Cc1cc(C)c(C(C)(C)[C@@H](CO)NC(=O)OC(C)(C)C)c(OCc2ccc(O[Si](c3ccccc3)(c3ccccc3)C(C)(C)C)cc2)c1. The van der Waals surface area contributed by atoms with Crippen molar-refractivity contribution in [3.63, 3.8) is 0 Å². The zero-order chi connectivity index (χ0) is 35.3. The summed E-state index contributed by atoms with van der Waals surface area (Å²) < 4.78 is 19.2. The van der Waals surface area contributed by atoms with Gasteiger partial charge in [-0.15, -0.1) is 0 Å². The molecule has 0 fully saturated rings. The molecule has 0 aliphatic heterocycles. The Labute approximate surface area is 288 Å². The highest BCUT2D eigenvalue weighted by Gasteiger charge is 2.52. The lowest BCUT2D eigenvalue weighted by Crippen LogP contribution is -2.68. The number of hydrogen-bond donors (Lipinski definition) is 2. The summed E-state index contributed by atoms with van der Waals surface area (Å²) in [5, 5.41) is 15.6. The third kappa shape index (κ3) is 8.31. The number of aliphatic hydroxyl groups excluding tert-OH is 1. The summed E-state index contributed by atoms with van der Waals surface area (Å²) in [5.74, 6) is 1.54. The molecule has 48 heavy (non-hydrogen) atoms. The minimum absolute atomic E-state index is 0.144. The fourth-order valence-electron chi connectivity index (χ4n) is 6.59. The summed E-state index contributed by atoms with van der Waals surface area (Å²) in [7, 11) is -2.75. The van der Waals surface area contributed by atoms with Gasteiger partial charge >= 0.3 is 14.4 Å². The summed E-state index contributed by atoms with van der Waals surface area (Å²) in [6.45, 7) is 20.4. The third-order valence-corrected chi connectivity index (χ3v) is 13.8. The smallest absolute Gasteiger partial charge is 0.407 e. The van der Waals surface area contributed by atoms with Gasteiger partial charge in [0, 0.05) is 11.0 Å². The summed E-state index contributed by atoms with van der Waals surface area (Å²) in [6, 6.07) is 33.0. The molecule has 0 saturated carbocycles. The summed E-state index contributed by atoms with van der Waals surface area (Å²) in [5.41, 5.74) is 2.69. The molecule has 0 unspecified atom stereocenters. The highest BCUT2D eigenvalue weighted by atomic mass is 28.4. The van der Waals surface area contributed by atoms with Gasteiger partial charge in [0.05, 0.1) is 12.6 Å². The molecule has 7 heteroatoms. The molecular formula is C41H53NO5Si. The van der Waals surface area contributed by atoms with Crippen molar-refractivity contribution >= 4 is 24.8 Å². The van der Waals surface area contributed by atoms with Crippen LogP contribution in [0.3, 0.4) is 0 Å². The predicted octanol–water partition coefficient (Wildman–Crippen LogP) is 7.98. The Morgan fingerprint density at radius 1 is 0.792 bits per heavy atom. The number of carbonyl (C=O) groups excluding carboxylic acids is 1. The molecule has 0 bridgehead atoms. The number of ether oxygens (including phenoxy) is 2. The van der Waals surface area contributed by atoms with Crippen LogP contribution < -0.4 is 24.9 Å². The number of aliphatic hydroxyl groups is 1. The predicted molar refractivity (Wildman–Crippen MR) is 198 cm³/mol. The van der Waals surface area contributed by atoms with Crippen molar-refractivity contribution in [1.82, 2.24) is 5.32 Å². The number of benzene rings is 4. The molecule has 0 aliphatic carbocycles. The van der Waals surface area contributed by atoms with Crippen molar-refractivity contribution < 1.29 is 23.8 Å². The van der Waals surface area contributed by atoms with E-state index in [9.17, 15) is 9.90 Å². The van der Waals surface area contributed by atoms with E-state index in [2.05, 4.69) is 105 Å². The number of hydrogen-bond acceptors (Lipinski definition) is 5. The summed E-state index contributed by atoms with van der Waals surface area (Å²) in [4.78, 5) is 12.7. The van der Waals surface area contributed by atoms with E-state index >= 15 is 0 Å². The first-order chi connectivity index (χ1) is 22.5. The lowest BCUT2D eigenvalue weighted by molar-refractivity contribution is 0.0446. The Kier molecular flexibility index (Phi) is 11.2. The summed E-state index contributed by atoms with van der Waals surface area (Å²) in [6.07, 6.45) is -0.567. The first-order valence-electron chi connectivity index (χ1n) is 16.7. The molecule has 256 valence electrons. The highest BCUT2D eigenvalue weighted by Crippen LogP contribution is 2.40. The van der Waals surface area contributed by atoms with Crippen molar-refractivity contribution in [1.29, 1.82) is 0 Å². The van der Waals surface area contributed by atoms with E-state index in [4.69, 9.17) is 13.9 Å². The van der Waals surface area contributed by atoms with Gasteiger partial charge in [-0.2, -0.15) is 0 Å². The molecule has 4 rings (SSSR count). The topological polar surface area (TPSA) is 77.0 Å². The fraction of sp³-hybridized carbons (Fsp3) is 0.390. The van der Waals surface area contributed by atoms with Gasteiger partial charge in [-0.3, -0.25) is 0 Å². The van der Waals surface area contributed by atoms with Crippen molar-refractivity contribution in [2.24, 2.45) is 0 Å². The molecule has 0 heterocycles. The van der Waals surface area contributed by atoms with Gasteiger partial charge in [0.1, 0.15) is 23.7 Å². The van der Waals surface area contributed by atoms with Gasteiger partial charge in [0.2, 0.25) is 0 Å². The van der Waals surface area contributed by atoms with E-state index in [0.29, 0.717) is 6.61 Å². The Morgan fingerprint density at radius 2 is 1.33 bits per heavy atom. The van der Waals surface area contributed by atoms with E-state index in [0.717, 1.165) is 33.8 Å². The Bertz CT molecular complexity index is 1620. The Hall–Kier alpha value is -4.07. The molecular weight excluding hydrogens is 615 g/mol. The standard InChI is InChI=1S/C41H53NO5Si/c1-29-25-30(2)37(41(9,10)36(27-43)42-38(44)46-39(3,4)5)35(26-29)45-28-31-21-23-32(24-22-31)47-48(40(6,7)8,33-17-13-11-14-18-33)34-19-15-12-16-20-34/h11-26,36,43H,27-28H2,1-10H3,(H,42,44)/t36-/m1/s1. The maximum Gasteiger partial charge on any atom is 0.407 e. The summed E-state index contributed by atoms with van der Waals surface area (Å²) >= 11 is 0. The normalized spacial score (nSPS) is 13.1.